The van der Waals surface area contributed by atoms with Crippen LogP contribution in [0.5, 0.6) is 11.5 Å². The third kappa shape index (κ3) is 6.32. The number of carbonyl (C=O) groups is 2. The van der Waals surface area contributed by atoms with Gasteiger partial charge in [-0.25, -0.2) is 0 Å². The second kappa shape index (κ2) is 12.9. The quantitative estimate of drug-likeness (QED) is 0.183. The van der Waals surface area contributed by atoms with Gasteiger partial charge in [0, 0.05) is 55.1 Å². The van der Waals surface area contributed by atoms with Gasteiger partial charge in [0.25, 0.3) is 11.8 Å². The fraction of sp³-hybridized carbons (Fsp3) is 0.0769. The minimum atomic E-state index is -0.0935. The highest BCUT2D eigenvalue weighted by Crippen LogP contribution is 2.38. The molecule has 0 spiro atoms. The molecule has 0 aliphatic carbocycles. The number of nitrogens with one attached hydrogen (secondary N) is 2. The van der Waals surface area contributed by atoms with Crippen LogP contribution in [0.15, 0.2) is 108 Å². The summed E-state index contributed by atoms with van der Waals surface area (Å²) >= 11 is 9.51. The van der Waals surface area contributed by atoms with Gasteiger partial charge in [-0.2, -0.15) is 0 Å². The molecule has 3 heterocycles. The summed E-state index contributed by atoms with van der Waals surface area (Å²) in [6, 6.07) is 33.2. The Bertz CT molecular complexity index is 2120. The maximum absolute atomic E-state index is 12.4. The Morgan fingerprint density at radius 2 is 1.40 bits per heavy atom. The number of hydrogen-bond donors (Lipinski definition) is 2. The Labute approximate surface area is 285 Å². The van der Waals surface area contributed by atoms with Gasteiger partial charge in [0.15, 0.2) is 0 Å². The predicted molar refractivity (Wildman–Crippen MR) is 193 cm³/mol. The molecular weight excluding hydrogens is 676 g/mol. The molecule has 0 fully saturated rings. The van der Waals surface area contributed by atoms with Crippen LogP contribution in [0.3, 0.4) is 0 Å². The number of methoxy groups -OCH3 is 1. The molecule has 232 valence electrons. The van der Waals surface area contributed by atoms with Gasteiger partial charge < -0.3 is 20.1 Å². The van der Waals surface area contributed by atoms with Crippen LogP contribution in [-0.4, -0.2) is 25.5 Å². The first-order chi connectivity index (χ1) is 22.9. The Kier molecular flexibility index (Phi) is 8.41. The lowest BCUT2D eigenvalue weighted by molar-refractivity contribution is -0.111. The zero-order valence-electron chi connectivity index (χ0n) is 25.3. The number of amides is 2. The summed E-state index contributed by atoms with van der Waals surface area (Å²) in [5, 5.41) is 6.39. The molecule has 3 aliphatic rings. The number of anilines is 2. The average Bonchev–Trinajstić information content (AvgIpc) is 3.77. The van der Waals surface area contributed by atoms with Crippen molar-refractivity contribution in [2.75, 3.05) is 24.4 Å². The number of hydrogen-bond acceptors (Lipinski definition) is 4. The highest BCUT2D eigenvalue weighted by Gasteiger charge is 2.25. The fourth-order valence-electron chi connectivity index (χ4n) is 5.90. The van der Waals surface area contributed by atoms with Gasteiger partial charge in [0.1, 0.15) is 11.5 Å². The second-order valence-electron chi connectivity index (χ2n) is 11.2. The van der Waals surface area contributed by atoms with Crippen molar-refractivity contribution in [1.29, 1.82) is 0 Å². The van der Waals surface area contributed by atoms with Crippen LogP contribution in [0.1, 0.15) is 27.8 Å². The molecule has 6 nitrogen and oxygen atoms in total. The molecule has 3 aliphatic heterocycles. The van der Waals surface area contributed by atoms with Crippen LogP contribution < -0.4 is 20.1 Å². The second-order valence-corrected chi connectivity index (χ2v) is 12.5. The Balaban J connectivity index is 0.000000153. The molecule has 0 unspecified atom stereocenters. The molecule has 0 aromatic heterocycles. The third-order valence-electron chi connectivity index (χ3n) is 8.17. The van der Waals surface area contributed by atoms with Gasteiger partial charge >= 0.3 is 0 Å². The molecule has 5 aromatic carbocycles. The summed E-state index contributed by atoms with van der Waals surface area (Å²) in [5.41, 5.74) is 9.90. The molecule has 0 saturated carbocycles. The Hall–Kier alpha value is -5.11. The van der Waals surface area contributed by atoms with Crippen LogP contribution >= 0.6 is 27.5 Å². The lowest BCUT2D eigenvalue weighted by Crippen LogP contribution is -2.03. The first-order valence-electron chi connectivity index (χ1n) is 15.0. The Morgan fingerprint density at radius 1 is 0.745 bits per heavy atom. The molecule has 8 heteroatoms. The van der Waals surface area contributed by atoms with Crippen LogP contribution in [-0.2, 0) is 16.0 Å². The maximum atomic E-state index is 12.4. The van der Waals surface area contributed by atoms with Crippen molar-refractivity contribution in [3.05, 3.63) is 140 Å². The van der Waals surface area contributed by atoms with Crippen molar-refractivity contribution in [3.63, 3.8) is 0 Å². The summed E-state index contributed by atoms with van der Waals surface area (Å²) in [4.78, 5) is 24.5. The summed E-state index contributed by atoms with van der Waals surface area (Å²) in [5.74, 6) is 1.56. The lowest BCUT2D eigenvalue weighted by atomic mass is 9.99. The molecule has 2 N–H and O–H groups in total. The minimum absolute atomic E-state index is 0.0878. The molecular formula is C39H28BrClN2O4. The average molecular weight is 704 g/mol. The van der Waals surface area contributed by atoms with E-state index in [1.54, 1.807) is 13.2 Å². The van der Waals surface area contributed by atoms with Gasteiger partial charge in [-0.1, -0.05) is 70.0 Å². The summed E-state index contributed by atoms with van der Waals surface area (Å²) < 4.78 is 12.0. The monoisotopic (exact) mass is 702 g/mol. The first kappa shape index (κ1) is 30.5. The minimum Gasteiger partial charge on any atom is -0.496 e. The number of fused-ring (bicyclic) bond motifs is 3. The largest absolute Gasteiger partial charge is 0.496 e. The smallest absolute Gasteiger partial charge is 0.256 e. The summed E-state index contributed by atoms with van der Waals surface area (Å²) in [6.45, 7) is 0.730. The van der Waals surface area contributed by atoms with Crippen LogP contribution in [0, 0.1) is 0 Å². The van der Waals surface area contributed by atoms with E-state index in [-0.39, 0.29) is 11.8 Å². The fourth-order valence-corrected chi connectivity index (χ4v) is 6.43. The topological polar surface area (TPSA) is 76.7 Å². The summed E-state index contributed by atoms with van der Waals surface area (Å²) in [7, 11) is 1.66. The van der Waals surface area contributed by atoms with Crippen molar-refractivity contribution >= 4 is 74.0 Å². The van der Waals surface area contributed by atoms with E-state index < -0.39 is 0 Å². The van der Waals surface area contributed by atoms with Crippen molar-refractivity contribution in [2.45, 2.75) is 6.42 Å². The van der Waals surface area contributed by atoms with E-state index >= 15 is 0 Å². The van der Waals surface area contributed by atoms with Crippen LogP contribution in [0.2, 0.25) is 5.02 Å². The number of halogens is 2. The molecule has 0 saturated heterocycles. The van der Waals surface area contributed by atoms with Crippen LogP contribution in [0.25, 0.3) is 34.4 Å². The van der Waals surface area contributed by atoms with Crippen LogP contribution in [0.4, 0.5) is 11.4 Å². The molecule has 2 amide bonds. The standard InChI is InChI=1S/C22H16BrNO2.C17H12ClNO2/c1-26-21-10-7-14(11-17(21)15-5-3-2-4-6-15)12-19-18-13-16(23)8-9-20(18)24-22(19)25;18-12-2-3-15-13(9-12)14(17(20)19-15)8-10-1-4-16-11(7-10)5-6-21-16/h2-13H,1H3,(H,24,25);1-4,7-9H,5-6H2,(H,19,20). The predicted octanol–water partition coefficient (Wildman–Crippen LogP) is 9.38. The third-order valence-corrected chi connectivity index (χ3v) is 8.90. The molecule has 0 radical (unpaired) electrons. The molecule has 47 heavy (non-hydrogen) atoms. The van der Waals surface area contributed by atoms with Gasteiger partial charge in [-0.3, -0.25) is 9.59 Å². The zero-order chi connectivity index (χ0) is 32.5. The number of rotatable bonds is 4. The number of carbonyl (C=O) groups excluding carboxylic acids is 2. The van der Waals surface area contributed by atoms with Gasteiger partial charge in [-0.05, 0) is 95.1 Å². The summed E-state index contributed by atoms with van der Waals surface area (Å²) in [6.07, 6.45) is 4.73. The van der Waals surface area contributed by atoms with E-state index in [0.29, 0.717) is 16.2 Å². The van der Waals surface area contributed by atoms with E-state index in [1.165, 1.54) is 5.56 Å². The SMILES string of the molecule is COc1ccc(C=C2C(=O)Nc3ccc(Br)cc32)cc1-c1ccccc1.O=C1Nc2ccc(Cl)cc2C1=Cc1ccc2c(c1)CCO2. The van der Waals surface area contributed by atoms with Crippen molar-refractivity contribution in [3.8, 4) is 22.6 Å². The van der Waals surface area contributed by atoms with Crippen molar-refractivity contribution in [1.82, 2.24) is 0 Å². The highest BCUT2D eigenvalue weighted by atomic mass is 79.9. The van der Waals surface area contributed by atoms with Crippen molar-refractivity contribution in [2.24, 2.45) is 0 Å². The van der Waals surface area contributed by atoms with E-state index in [4.69, 9.17) is 21.1 Å². The van der Waals surface area contributed by atoms with E-state index in [9.17, 15) is 9.59 Å². The molecule has 8 rings (SSSR count). The first-order valence-corrected chi connectivity index (χ1v) is 16.2. The van der Waals surface area contributed by atoms with Gasteiger partial charge in [-0.15, -0.1) is 0 Å². The molecule has 5 aromatic rings. The highest BCUT2D eigenvalue weighted by molar-refractivity contribution is 9.10. The molecule has 0 bridgehead atoms. The van der Waals surface area contributed by atoms with Gasteiger partial charge in [0.2, 0.25) is 0 Å². The lowest BCUT2D eigenvalue weighted by Gasteiger charge is -2.10. The van der Waals surface area contributed by atoms with Gasteiger partial charge in [0.05, 0.1) is 13.7 Å². The maximum Gasteiger partial charge on any atom is 0.256 e. The van der Waals surface area contributed by atoms with E-state index in [1.807, 2.05) is 103 Å². The van der Waals surface area contributed by atoms with E-state index in [2.05, 4.69) is 32.6 Å². The normalized spacial score (nSPS) is 15.6. The number of ether oxygens (including phenoxy) is 2. The van der Waals surface area contributed by atoms with E-state index in [0.717, 1.165) is 73.8 Å². The van der Waals surface area contributed by atoms with Crippen molar-refractivity contribution < 1.29 is 19.1 Å². The zero-order valence-corrected chi connectivity index (χ0v) is 27.6. The molecule has 0 atom stereocenters. The number of benzene rings is 5. The Morgan fingerprint density at radius 3 is 2.13 bits per heavy atom.